The number of esters is 1. The monoisotopic (exact) mass is 387 g/mol. The molecule has 0 radical (unpaired) electrons. The molecule has 6 heteroatoms. The third-order valence-electron chi connectivity index (χ3n) is 4.66. The van der Waals surface area contributed by atoms with Gasteiger partial charge in [0.2, 0.25) is 0 Å². The second kappa shape index (κ2) is 10.9. The summed E-state index contributed by atoms with van der Waals surface area (Å²) in [6, 6.07) is 6.01. The van der Waals surface area contributed by atoms with E-state index >= 15 is 0 Å². The van der Waals surface area contributed by atoms with Crippen molar-refractivity contribution in [1.82, 2.24) is 0 Å². The van der Waals surface area contributed by atoms with Crippen LogP contribution in [0.4, 0.5) is 4.39 Å². The highest BCUT2D eigenvalue weighted by atomic mass is 35.5. The summed E-state index contributed by atoms with van der Waals surface area (Å²) < 4.78 is 24.9. The fourth-order valence-corrected chi connectivity index (χ4v) is 3.32. The van der Waals surface area contributed by atoms with Gasteiger partial charge in [-0.1, -0.05) is 32.4 Å². The molecule has 1 aromatic rings. The second-order valence-electron chi connectivity index (χ2n) is 7.46. The van der Waals surface area contributed by atoms with Gasteiger partial charge in [0.25, 0.3) is 0 Å². The van der Waals surface area contributed by atoms with Crippen molar-refractivity contribution in [2.24, 2.45) is 17.6 Å². The van der Waals surface area contributed by atoms with Crippen LogP contribution in [0.3, 0.4) is 0 Å². The standard InChI is InChI=1S/C20H30FNO3.ClH/c1-13(2)12-24-19-14(3)25-20(23)18(22)6-4-5-16(19)11-15-7-9-17(21)10-8-15;/h7-10,13-14,16,18-19H,4-6,11-12,22H2,1-3H3;1H/t14-,16+,18-,19-;/m0./s1. The number of cyclic esters (lactones) is 1. The summed E-state index contributed by atoms with van der Waals surface area (Å²) >= 11 is 0. The number of hydrogen-bond acceptors (Lipinski definition) is 4. The Kier molecular flexibility index (Phi) is 9.55. The first-order valence-corrected chi connectivity index (χ1v) is 9.19. The van der Waals surface area contributed by atoms with Crippen LogP contribution in [-0.4, -0.2) is 30.8 Å². The highest BCUT2D eigenvalue weighted by Gasteiger charge is 2.33. The van der Waals surface area contributed by atoms with Crippen LogP contribution in [0.25, 0.3) is 0 Å². The number of hydrogen-bond donors (Lipinski definition) is 1. The van der Waals surface area contributed by atoms with Crippen molar-refractivity contribution < 1.29 is 18.7 Å². The average molecular weight is 388 g/mol. The number of rotatable bonds is 5. The Hall–Kier alpha value is -1.17. The molecule has 148 valence electrons. The molecule has 2 rings (SSSR count). The minimum atomic E-state index is -0.572. The highest BCUT2D eigenvalue weighted by Crippen LogP contribution is 2.27. The van der Waals surface area contributed by atoms with Gasteiger partial charge in [0.05, 0.1) is 6.10 Å². The number of ether oxygens (including phenoxy) is 2. The van der Waals surface area contributed by atoms with E-state index in [9.17, 15) is 9.18 Å². The minimum Gasteiger partial charge on any atom is -0.459 e. The molecule has 4 nitrogen and oxygen atoms in total. The summed E-state index contributed by atoms with van der Waals surface area (Å²) in [6.45, 7) is 6.67. The van der Waals surface area contributed by atoms with Crippen molar-refractivity contribution in [2.45, 2.75) is 64.7 Å². The number of nitrogens with two attached hydrogens (primary N) is 1. The van der Waals surface area contributed by atoms with Gasteiger partial charge < -0.3 is 15.2 Å². The van der Waals surface area contributed by atoms with Gasteiger partial charge in [0.1, 0.15) is 18.0 Å². The van der Waals surface area contributed by atoms with Crippen LogP contribution in [0.5, 0.6) is 0 Å². The van der Waals surface area contributed by atoms with E-state index in [1.807, 2.05) is 19.1 Å². The maximum absolute atomic E-state index is 13.2. The summed E-state index contributed by atoms with van der Waals surface area (Å²) in [5, 5.41) is 0. The van der Waals surface area contributed by atoms with Crippen LogP contribution in [0.1, 0.15) is 45.6 Å². The topological polar surface area (TPSA) is 61.5 Å². The average Bonchev–Trinajstić information content (AvgIpc) is 2.59. The van der Waals surface area contributed by atoms with Crippen molar-refractivity contribution in [3.8, 4) is 0 Å². The minimum absolute atomic E-state index is 0. The third kappa shape index (κ3) is 6.86. The molecule has 0 aromatic heterocycles. The largest absolute Gasteiger partial charge is 0.459 e. The smallest absolute Gasteiger partial charge is 0.323 e. The van der Waals surface area contributed by atoms with Gasteiger partial charge in [-0.3, -0.25) is 4.79 Å². The number of carbonyl (C=O) groups is 1. The lowest BCUT2D eigenvalue weighted by molar-refractivity contribution is -0.160. The van der Waals surface area contributed by atoms with Crippen LogP contribution < -0.4 is 5.73 Å². The van der Waals surface area contributed by atoms with Gasteiger partial charge in [0, 0.05) is 6.61 Å². The first kappa shape index (κ1) is 22.9. The molecule has 0 saturated carbocycles. The van der Waals surface area contributed by atoms with Gasteiger partial charge in [-0.25, -0.2) is 4.39 Å². The molecule has 1 aromatic carbocycles. The summed E-state index contributed by atoms with van der Waals surface area (Å²) in [6.07, 6.45) is 2.57. The Bertz CT molecular complexity index is 552. The second-order valence-corrected chi connectivity index (χ2v) is 7.46. The van der Waals surface area contributed by atoms with Crippen molar-refractivity contribution in [2.75, 3.05) is 6.61 Å². The van der Waals surface area contributed by atoms with Crippen molar-refractivity contribution >= 4 is 18.4 Å². The lowest BCUT2D eigenvalue weighted by Gasteiger charge is -2.32. The molecule has 1 heterocycles. The molecule has 1 fully saturated rings. The summed E-state index contributed by atoms with van der Waals surface area (Å²) in [4.78, 5) is 12.1. The van der Waals surface area contributed by atoms with Gasteiger partial charge in [0.15, 0.2) is 0 Å². The van der Waals surface area contributed by atoms with Crippen LogP contribution >= 0.6 is 12.4 Å². The molecular formula is C20H31ClFNO3. The van der Waals surface area contributed by atoms with Gasteiger partial charge >= 0.3 is 5.97 Å². The van der Waals surface area contributed by atoms with E-state index in [0.29, 0.717) is 18.9 Å². The van der Waals surface area contributed by atoms with E-state index in [1.54, 1.807) is 0 Å². The molecule has 0 amide bonds. The Balaban J connectivity index is 0.00000338. The Morgan fingerprint density at radius 2 is 1.92 bits per heavy atom. The van der Waals surface area contributed by atoms with Crippen LogP contribution in [0, 0.1) is 17.7 Å². The molecule has 2 N–H and O–H groups in total. The van der Waals surface area contributed by atoms with E-state index in [0.717, 1.165) is 24.8 Å². The van der Waals surface area contributed by atoms with Crippen LogP contribution in [-0.2, 0) is 20.7 Å². The Labute approximate surface area is 162 Å². The lowest BCUT2D eigenvalue weighted by Crippen LogP contribution is -2.41. The molecule has 0 aliphatic carbocycles. The van der Waals surface area contributed by atoms with Crippen molar-refractivity contribution in [3.63, 3.8) is 0 Å². The quantitative estimate of drug-likeness (QED) is 0.778. The normalized spacial score (nSPS) is 27.1. The first-order chi connectivity index (χ1) is 11.9. The maximum atomic E-state index is 13.2. The zero-order valence-corrected chi connectivity index (χ0v) is 16.6. The summed E-state index contributed by atoms with van der Waals surface area (Å²) in [5.74, 6) is -0.00579. The molecule has 1 saturated heterocycles. The van der Waals surface area contributed by atoms with Crippen molar-refractivity contribution in [1.29, 1.82) is 0 Å². The van der Waals surface area contributed by atoms with Gasteiger partial charge in [-0.05, 0) is 55.7 Å². The number of benzene rings is 1. The molecule has 26 heavy (non-hydrogen) atoms. The fourth-order valence-electron chi connectivity index (χ4n) is 3.32. The molecule has 0 bridgehead atoms. The molecule has 4 atom stereocenters. The predicted molar refractivity (Wildman–Crippen MR) is 103 cm³/mol. The van der Waals surface area contributed by atoms with Gasteiger partial charge in [-0.15, -0.1) is 12.4 Å². The molecule has 1 aliphatic rings. The summed E-state index contributed by atoms with van der Waals surface area (Å²) in [5.41, 5.74) is 6.97. The van der Waals surface area contributed by atoms with E-state index < -0.39 is 6.04 Å². The number of carbonyl (C=O) groups excluding carboxylic acids is 1. The first-order valence-electron chi connectivity index (χ1n) is 9.19. The SMILES string of the molecule is CC(C)CO[C@@H]1[C@@H](Cc2ccc(F)cc2)CCC[C@H](N)C(=O)O[C@H]1C.Cl. The predicted octanol–water partition coefficient (Wildman–Crippen LogP) is 3.89. The molecule has 1 aliphatic heterocycles. The number of halogens is 2. The third-order valence-corrected chi connectivity index (χ3v) is 4.66. The van der Waals surface area contributed by atoms with Crippen LogP contribution in [0.15, 0.2) is 24.3 Å². The zero-order chi connectivity index (χ0) is 18.4. The highest BCUT2D eigenvalue weighted by molar-refractivity contribution is 5.85. The Morgan fingerprint density at radius 1 is 1.27 bits per heavy atom. The fraction of sp³-hybridized carbons (Fsp3) is 0.650. The summed E-state index contributed by atoms with van der Waals surface area (Å²) in [7, 11) is 0. The van der Waals surface area contributed by atoms with Gasteiger partial charge in [-0.2, -0.15) is 0 Å². The Morgan fingerprint density at radius 3 is 2.54 bits per heavy atom. The lowest BCUT2D eigenvalue weighted by atomic mass is 9.86. The molecular weight excluding hydrogens is 357 g/mol. The van der Waals surface area contributed by atoms with E-state index in [2.05, 4.69) is 13.8 Å². The molecule has 0 unspecified atom stereocenters. The maximum Gasteiger partial charge on any atom is 0.323 e. The van der Waals surface area contributed by atoms with E-state index in [1.165, 1.54) is 12.1 Å². The zero-order valence-electron chi connectivity index (χ0n) is 15.8. The van der Waals surface area contributed by atoms with Crippen molar-refractivity contribution in [3.05, 3.63) is 35.6 Å². The van der Waals surface area contributed by atoms with E-state index in [4.69, 9.17) is 15.2 Å². The van der Waals surface area contributed by atoms with E-state index in [-0.39, 0.29) is 42.3 Å². The van der Waals surface area contributed by atoms with Crippen LogP contribution in [0.2, 0.25) is 0 Å². The molecule has 0 spiro atoms.